The Kier molecular flexibility index (Phi) is 5.88. The normalized spacial score (nSPS) is 57.4. The molecule has 5 aliphatic carbocycles. The van der Waals surface area contributed by atoms with E-state index in [4.69, 9.17) is 9.47 Å². The first kappa shape index (κ1) is 26.6. The third-order valence-electron chi connectivity index (χ3n) is 14.1. The van der Waals surface area contributed by atoms with Crippen LogP contribution in [-0.2, 0) is 14.3 Å². The first-order chi connectivity index (χ1) is 17.2. The fourth-order valence-electron chi connectivity index (χ4n) is 11.7. The van der Waals surface area contributed by atoms with Gasteiger partial charge in [-0.1, -0.05) is 48.5 Å². The number of aliphatic hydroxyl groups is 2. The summed E-state index contributed by atoms with van der Waals surface area (Å²) in [4.78, 5) is 12.5. The number of fused-ring (bicyclic) bond motifs is 4. The van der Waals surface area contributed by atoms with Crippen LogP contribution in [0, 0.1) is 63.6 Å². The predicted molar refractivity (Wildman–Crippen MR) is 142 cm³/mol. The molecule has 5 heteroatoms. The summed E-state index contributed by atoms with van der Waals surface area (Å²) in [5.74, 6) is 3.62. The Morgan fingerprint density at radius 1 is 1.00 bits per heavy atom. The number of hydrogen-bond donors (Lipinski definition) is 2. The highest BCUT2D eigenvalue weighted by Crippen LogP contribution is 2.76. The van der Waals surface area contributed by atoms with Crippen LogP contribution in [0.3, 0.4) is 0 Å². The highest BCUT2D eigenvalue weighted by Gasteiger charge is 2.79. The second-order valence-corrected chi connectivity index (χ2v) is 15.6. The van der Waals surface area contributed by atoms with Gasteiger partial charge in [0.1, 0.15) is 11.7 Å². The van der Waals surface area contributed by atoms with E-state index in [1.807, 2.05) is 0 Å². The average molecular weight is 517 g/mol. The average Bonchev–Trinajstić information content (AvgIpc) is 3.67. The topological polar surface area (TPSA) is 79.3 Å². The molecule has 0 bridgehead atoms. The van der Waals surface area contributed by atoms with Gasteiger partial charge in [0.05, 0.1) is 18.3 Å². The number of rotatable bonds is 5. The lowest BCUT2D eigenvalue weighted by Gasteiger charge is -2.63. The minimum absolute atomic E-state index is 0.0439. The zero-order chi connectivity index (χ0) is 26.9. The monoisotopic (exact) mass is 516 g/mol. The number of ether oxygens (including phenoxy) is 2. The van der Waals surface area contributed by atoms with Crippen molar-refractivity contribution in [2.75, 3.05) is 0 Å². The Morgan fingerprint density at radius 2 is 1.70 bits per heavy atom. The molecule has 6 aliphatic rings. The number of carbonyl (C=O) groups excluding carboxylic acids is 1. The number of aliphatic hydroxyl groups excluding tert-OH is 2. The van der Waals surface area contributed by atoms with Gasteiger partial charge in [0, 0.05) is 24.2 Å². The van der Waals surface area contributed by atoms with Gasteiger partial charge in [0.2, 0.25) is 0 Å². The Balaban J connectivity index is 1.35. The van der Waals surface area contributed by atoms with Gasteiger partial charge in [-0.25, -0.2) is 0 Å². The SMILES string of the molecule is CC(=O)O[C@@H]1[C@@H](O)[C@H]2[C@@H](C[C@H]3O[C@]34C[C@@H](O)CC[C@]24C)[C@@H]2CC[C@H]([C@H](C)[C@H]3C[C@]3(C)[C@H](C)C(C)C)[C@@]12C. The van der Waals surface area contributed by atoms with E-state index in [9.17, 15) is 15.0 Å². The maximum Gasteiger partial charge on any atom is 0.303 e. The van der Waals surface area contributed by atoms with Crippen LogP contribution < -0.4 is 0 Å². The molecule has 0 aromatic heterocycles. The van der Waals surface area contributed by atoms with E-state index in [0.29, 0.717) is 53.3 Å². The molecule has 210 valence electrons. The summed E-state index contributed by atoms with van der Waals surface area (Å²) in [6.07, 6.45) is 5.60. The number of epoxide rings is 1. The van der Waals surface area contributed by atoms with Crippen LogP contribution in [-0.4, -0.2) is 46.2 Å². The van der Waals surface area contributed by atoms with Crippen LogP contribution >= 0.6 is 0 Å². The second kappa shape index (κ2) is 8.19. The lowest BCUT2D eigenvalue weighted by molar-refractivity contribution is -0.236. The van der Waals surface area contributed by atoms with Gasteiger partial charge in [-0.05, 0) is 91.3 Å². The van der Waals surface area contributed by atoms with Gasteiger partial charge < -0.3 is 19.7 Å². The maximum absolute atomic E-state index is 12.5. The second-order valence-electron chi connectivity index (χ2n) is 15.6. The fourth-order valence-corrected chi connectivity index (χ4v) is 11.7. The van der Waals surface area contributed by atoms with Crippen molar-refractivity contribution < 1.29 is 24.5 Å². The molecule has 15 atom stereocenters. The molecular formula is C32H52O5. The first-order valence-electron chi connectivity index (χ1n) is 15.4. The van der Waals surface area contributed by atoms with Gasteiger partial charge in [0.25, 0.3) is 0 Å². The van der Waals surface area contributed by atoms with Gasteiger partial charge in [0.15, 0.2) is 0 Å². The highest BCUT2D eigenvalue weighted by atomic mass is 16.6. The van der Waals surface area contributed by atoms with Crippen LogP contribution in [0.15, 0.2) is 0 Å². The zero-order valence-corrected chi connectivity index (χ0v) is 24.5. The Morgan fingerprint density at radius 3 is 2.35 bits per heavy atom. The minimum atomic E-state index is -0.689. The molecule has 5 saturated carbocycles. The summed E-state index contributed by atoms with van der Waals surface area (Å²) in [5, 5.41) is 22.8. The van der Waals surface area contributed by atoms with Crippen LogP contribution in [0.25, 0.3) is 0 Å². The predicted octanol–water partition coefficient (Wildman–Crippen LogP) is 5.60. The molecule has 2 N–H and O–H groups in total. The molecule has 1 aliphatic heterocycles. The van der Waals surface area contributed by atoms with Gasteiger partial charge in [-0.15, -0.1) is 0 Å². The Bertz CT molecular complexity index is 949. The largest absolute Gasteiger partial charge is 0.459 e. The van der Waals surface area contributed by atoms with Crippen molar-refractivity contribution in [3.8, 4) is 0 Å². The van der Waals surface area contributed by atoms with E-state index in [0.717, 1.165) is 32.1 Å². The van der Waals surface area contributed by atoms with Crippen molar-refractivity contribution in [2.45, 2.75) is 130 Å². The van der Waals surface area contributed by atoms with Crippen LogP contribution in [0.1, 0.15) is 100 Å². The lowest BCUT2D eigenvalue weighted by atomic mass is 9.42. The third-order valence-corrected chi connectivity index (χ3v) is 14.1. The van der Waals surface area contributed by atoms with Gasteiger partial charge in [-0.2, -0.15) is 0 Å². The summed E-state index contributed by atoms with van der Waals surface area (Å²) in [5.41, 5.74) is -0.340. The molecule has 1 heterocycles. The van der Waals surface area contributed by atoms with E-state index >= 15 is 0 Å². The highest BCUT2D eigenvalue weighted by molar-refractivity contribution is 5.66. The standard InChI is InChI=1S/C32H52O5/c1-16(2)18(4)29(6)15-24(29)17(3)22-9-10-23-21-13-25-32(37-25)14-20(34)11-12-30(32,7)26(21)27(35)28(31(22,23)8)36-19(5)33/h16-18,20-28,34-35H,9-15H2,1-8H3/t17-,18+,20-,21-,22+,23-,24+,25+,26+,27-,28+,29+,30+,31+,32+/m0/s1. The quantitative estimate of drug-likeness (QED) is 0.367. The van der Waals surface area contributed by atoms with Crippen LogP contribution in [0.4, 0.5) is 0 Å². The molecule has 0 amide bonds. The summed E-state index contributed by atoms with van der Waals surface area (Å²) >= 11 is 0. The van der Waals surface area contributed by atoms with Gasteiger partial charge >= 0.3 is 5.97 Å². The Hall–Kier alpha value is -0.650. The van der Waals surface area contributed by atoms with E-state index in [2.05, 4.69) is 48.5 Å². The molecule has 1 spiro atoms. The number of esters is 1. The minimum Gasteiger partial charge on any atom is -0.459 e. The van der Waals surface area contributed by atoms with E-state index in [1.165, 1.54) is 13.3 Å². The summed E-state index contributed by atoms with van der Waals surface area (Å²) in [6.45, 7) is 18.3. The molecule has 0 aromatic rings. The Labute approximate surface area is 224 Å². The smallest absolute Gasteiger partial charge is 0.303 e. The van der Waals surface area contributed by atoms with Crippen molar-refractivity contribution >= 4 is 5.97 Å². The van der Waals surface area contributed by atoms with E-state index < -0.39 is 12.2 Å². The lowest BCUT2D eigenvalue weighted by Crippen LogP contribution is -2.68. The zero-order valence-electron chi connectivity index (χ0n) is 24.5. The van der Waals surface area contributed by atoms with Crippen LogP contribution in [0.2, 0.25) is 0 Å². The summed E-state index contributed by atoms with van der Waals surface area (Å²) in [6, 6.07) is 0. The molecule has 5 nitrogen and oxygen atoms in total. The number of carbonyl (C=O) groups is 1. The molecule has 0 aromatic carbocycles. The van der Waals surface area contributed by atoms with Crippen molar-refractivity contribution in [2.24, 2.45) is 63.6 Å². The third kappa shape index (κ3) is 3.35. The molecule has 0 radical (unpaired) electrons. The molecule has 37 heavy (non-hydrogen) atoms. The van der Waals surface area contributed by atoms with Gasteiger partial charge in [-0.3, -0.25) is 4.79 Å². The fraction of sp³-hybridized carbons (Fsp3) is 0.969. The number of hydrogen-bond acceptors (Lipinski definition) is 5. The van der Waals surface area contributed by atoms with Crippen molar-refractivity contribution in [3.05, 3.63) is 0 Å². The molecule has 1 saturated heterocycles. The molecular weight excluding hydrogens is 464 g/mol. The van der Waals surface area contributed by atoms with Crippen molar-refractivity contribution in [3.63, 3.8) is 0 Å². The summed E-state index contributed by atoms with van der Waals surface area (Å²) in [7, 11) is 0. The maximum atomic E-state index is 12.5. The first-order valence-corrected chi connectivity index (χ1v) is 15.4. The molecule has 0 unspecified atom stereocenters. The molecule has 6 rings (SSSR count). The van der Waals surface area contributed by atoms with E-state index in [-0.39, 0.29) is 40.5 Å². The van der Waals surface area contributed by atoms with Crippen molar-refractivity contribution in [1.82, 2.24) is 0 Å². The summed E-state index contributed by atoms with van der Waals surface area (Å²) < 4.78 is 12.7. The van der Waals surface area contributed by atoms with E-state index in [1.54, 1.807) is 0 Å². The van der Waals surface area contributed by atoms with Crippen LogP contribution in [0.5, 0.6) is 0 Å². The van der Waals surface area contributed by atoms with Crippen molar-refractivity contribution in [1.29, 1.82) is 0 Å². The molecule has 6 fully saturated rings.